The van der Waals surface area contributed by atoms with Gasteiger partial charge in [-0.05, 0) is 5.92 Å². The lowest BCUT2D eigenvalue weighted by Crippen LogP contribution is -2.23. The van der Waals surface area contributed by atoms with Gasteiger partial charge in [-0.25, -0.2) is 0 Å². The topological polar surface area (TPSA) is 75.7 Å². The molecule has 0 spiro atoms. The van der Waals surface area contributed by atoms with Gasteiger partial charge in [0.2, 0.25) is 0 Å². The first-order valence-electron chi connectivity index (χ1n) is 4.25. The molecule has 0 saturated carbocycles. The Morgan fingerprint density at radius 3 is 3.08 bits per heavy atom. The highest BCUT2D eigenvalue weighted by Gasteiger charge is 2.01. The molecule has 1 aromatic rings. The molecule has 0 fully saturated rings. The van der Waals surface area contributed by atoms with E-state index >= 15 is 0 Å². The van der Waals surface area contributed by atoms with Gasteiger partial charge in [-0.2, -0.15) is 5.21 Å². The SMILES string of the molecule is COCC(C)CNCc1nn[nH]n1. The Balaban J connectivity index is 2.07. The zero-order valence-electron chi connectivity index (χ0n) is 7.95. The fraction of sp³-hybridized carbons (Fsp3) is 0.857. The highest BCUT2D eigenvalue weighted by molar-refractivity contribution is 4.74. The highest BCUT2D eigenvalue weighted by atomic mass is 16.5. The molecule has 0 aliphatic rings. The van der Waals surface area contributed by atoms with E-state index in [0.29, 0.717) is 18.3 Å². The summed E-state index contributed by atoms with van der Waals surface area (Å²) in [6, 6.07) is 0. The molecule has 6 heteroatoms. The maximum Gasteiger partial charge on any atom is 0.188 e. The van der Waals surface area contributed by atoms with Crippen molar-refractivity contribution in [2.75, 3.05) is 20.3 Å². The van der Waals surface area contributed by atoms with Crippen LogP contribution in [0.15, 0.2) is 0 Å². The standard InChI is InChI=1S/C7H15N5O/c1-6(5-13-2)3-8-4-7-9-11-12-10-7/h6,8H,3-5H2,1-2H3,(H,9,10,11,12). The number of aromatic nitrogens is 4. The summed E-state index contributed by atoms with van der Waals surface area (Å²) in [5.74, 6) is 1.18. The third kappa shape index (κ3) is 3.95. The van der Waals surface area contributed by atoms with E-state index in [9.17, 15) is 0 Å². The first-order valence-corrected chi connectivity index (χ1v) is 4.25. The molecule has 2 N–H and O–H groups in total. The van der Waals surface area contributed by atoms with E-state index in [4.69, 9.17) is 4.74 Å². The molecule has 13 heavy (non-hydrogen) atoms. The van der Waals surface area contributed by atoms with Crippen LogP contribution in [0, 0.1) is 5.92 Å². The predicted molar refractivity (Wildman–Crippen MR) is 46.9 cm³/mol. The number of methoxy groups -OCH3 is 1. The van der Waals surface area contributed by atoms with Crippen molar-refractivity contribution in [1.82, 2.24) is 25.9 Å². The number of ether oxygens (including phenoxy) is 1. The molecule has 0 radical (unpaired) electrons. The molecule has 0 aliphatic carbocycles. The summed E-state index contributed by atoms with van der Waals surface area (Å²) in [5.41, 5.74) is 0. The minimum absolute atomic E-state index is 0.497. The quantitative estimate of drug-likeness (QED) is 0.629. The summed E-state index contributed by atoms with van der Waals surface area (Å²) in [4.78, 5) is 0. The van der Waals surface area contributed by atoms with Crippen LogP contribution in [0.5, 0.6) is 0 Å². The average Bonchev–Trinajstić information content (AvgIpc) is 2.57. The number of nitrogens with zero attached hydrogens (tertiary/aromatic N) is 3. The van der Waals surface area contributed by atoms with Crippen molar-refractivity contribution < 1.29 is 4.74 Å². The molecule has 0 amide bonds. The highest BCUT2D eigenvalue weighted by Crippen LogP contribution is 1.92. The van der Waals surface area contributed by atoms with E-state index in [1.807, 2.05) is 0 Å². The third-order valence-electron chi connectivity index (χ3n) is 1.62. The number of hydrogen-bond acceptors (Lipinski definition) is 5. The molecule has 0 aromatic carbocycles. The smallest absolute Gasteiger partial charge is 0.188 e. The largest absolute Gasteiger partial charge is 0.384 e. The Kier molecular flexibility index (Phi) is 4.34. The Hall–Kier alpha value is -1.01. The van der Waals surface area contributed by atoms with E-state index < -0.39 is 0 Å². The molecule has 0 bridgehead atoms. The molecule has 0 saturated heterocycles. The molecular weight excluding hydrogens is 170 g/mol. The number of nitrogens with one attached hydrogen (secondary N) is 2. The molecule has 1 unspecified atom stereocenters. The Labute approximate surface area is 77.1 Å². The van der Waals surface area contributed by atoms with Crippen LogP contribution >= 0.6 is 0 Å². The summed E-state index contributed by atoms with van der Waals surface area (Å²) < 4.78 is 5.00. The van der Waals surface area contributed by atoms with Crippen molar-refractivity contribution in [3.63, 3.8) is 0 Å². The molecule has 1 aromatic heterocycles. The second-order valence-corrected chi connectivity index (χ2v) is 3.02. The molecule has 1 atom stereocenters. The summed E-state index contributed by atoms with van der Waals surface area (Å²) in [5, 5.41) is 16.7. The van der Waals surface area contributed by atoms with Crippen molar-refractivity contribution in [3.05, 3.63) is 5.82 Å². The number of H-pyrrole nitrogens is 1. The minimum Gasteiger partial charge on any atom is -0.384 e. The maximum atomic E-state index is 5.00. The number of hydrogen-bond donors (Lipinski definition) is 2. The van der Waals surface area contributed by atoms with Gasteiger partial charge in [0.05, 0.1) is 6.54 Å². The van der Waals surface area contributed by atoms with Crippen molar-refractivity contribution >= 4 is 0 Å². The molecular formula is C7H15N5O. The van der Waals surface area contributed by atoms with E-state index in [-0.39, 0.29) is 0 Å². The van der Waals surface area contributed by atoms with E-state index in [2.05, 4.69) is 32.9 Å². The normalized spacial score (nSPS) is 13.1. The summed E-state index contributed by atoms with van der Waals surface area (Å²) in [7, 11) is 1.70. The first-order chi connectivity index (χ1) is 6.33. The summed E-state index contributed by atoms with van der Waals surface area (Å²) in [6.07, 6.45) is 0. The van der Waals surface area contributed by atoms with E-state index in [1.165, 1.54) is 0 Å². The average molecular weight is 185 g/mol. The van der Waals surface area contributed by atoms with Gasteiger partial charge in [0.25, 0.3) is 0 Å². The van der Waals surface area contributed by atoms with Crippen molar-refractivity contribution in [3.8, 4) is 0 Å². The lowest BCUT2D eigenvalue weighted by atomic mass is 10.2. The van der Waals surface area contributed by atoms with E-state index in [1.54, 1.807) is 7.11 Å². The molecule has 6 nitrogen and oxygen atoms in total. The van der Waals surface area contributed by atoms with Crippen LogP contribution < -0.4 is 5.32 Å². The zero-order chi connectivity index (χ0) is 9.52. The summed E-state index contributed by atoms with van der Waals surface area (Å²) >= 11 is 0. The van der Waals surface area contributed by atoms with Crippen molar-refractivity contribution in [2.45, 2.75) is 13.5 Å². The lowest BCUT2D eigenvalue weighted by Gasteiger charge is -2.09. The van der Waals surface area contributed by atoms with Crippen LogP contribution in [0.2, 0.25) is 0 Å². The Morgan fingerprint density at radius 1 is 1.62 bits per heavy atom. The zero-order valence-corrected chi connectivity index (χ0v) is 7.95. The summed E-state index contributed by atoms with van der Waals surface area (Å²) in [6.45, 7) is 4.42. The number of rotatable bonds is 6. The third-order valence-corrected chi connectivity index (χ3v) is 1.62. The van der Waals surface area contributed by atoms with Crippen molar-refractivity contribution in [1.29, 1.82) is 0 Å². The van der Waals surface area contributed by atoms with Gasteiger partial charge in [-0.15, -0.1) is 10.2 Å². The lowest BCUT2D eigenvalue weighted by molar-refractivity contribution is 0.158. The molecule has 0 aliphatic heterocycles. The van der Waals surface area contributed by atoms with Crippen LogP contribution in [0.4, 0.5) is 0 Å². The van der Waals surface area contributed by atoms with Crippen molar-refractivity contribution in [2.24, 2.45) is 5.92 Å². The maximum absolute atomic E-state index is 5.00. The Bertz CT molecular complexity index is 213. The van der Waals surface area contributed by atoms with E-state index in [0.717, 1.165) is 13.2 Å². The second-order valence-electron chi connectivity index (χ2n) is 3.02. The fourth-order valence-electron chi connectivity index (χ4n) is 1.03. The van der Waals surface area contributed by atoms with Crippen LogP contribution in [0.3, 0.4) is 0 Å². The molecule has 1 heterocycles. The van der Waals surface area contributed by atoms with Gasteiger partial charge in [-0.3, -0.25) is 0 Å². The van der Waals surface area contributed by atoms with Crippen LogP contribution in [0.1, 0.15) is 12.7 Å². The van der Waals surface area contributed by atoms with Gasteiger partial charge < -0.3 is 10.1 Å². The van der Waals surface area contributed by atoms with Crippen LogP contribution in [0.25, 0.3) is 0 Å². The number of tetrazole rings is 1. The predicted octanol–water partition coefficient (Wildman–Crippen LogP) is -0.428. The second kappa shape index (κ2) is 5.60. The van der Waals surface area contributed by atoms with Crippen LogP contribution in [-0.4, -0.2) is 40.9 Å². The minimum atomic E-state index is 0.497. The fourth-order valence-corrected chi connectivity index (χ4v) is 1.03. The monoisotopic (exact) mass is 185 g/mol. The van der Waals surface area contributed by atoms with Gasteiger partial charge >= 0.3 is 0 Å². The number of aromatic amines is 1. The molecule has 74 valence electrons. The first kappa shape index (κ1) is 10.1. The van der Waals surface area contributed by atoms with Gasteiger partial charge in [0, 0.05) is 20.3 Å². The van der Waals surface area contributed by atoms with Crippen LogP contribution in [-0.2, 0) is 11.3 Å². The van der Waals surface area contributed by atoms with Gasteiger partial charge in [0.15, 0.2) is 5.82 Å². The van der Waals surface area contributed by atoms with Gasteiger partial charge in [-0.1, -0.05) is 12.1 Å². The Morgan fingerprint density at radius 2 is 2.46 bits per heavy atom. The molecule has 1 rings (SSSR count). The van der Waals surface area contributed by atoms with Gasteiger partial charge in [0.1, 0.15) is 0 Å².